The van der Waals surface area contributed by atoms with Gasteiger partial charge in [0.25, 0.3) is 0 Å². The highest BCUT2D eigenvalue weighted by Crippen LogP contribution is 2.25. The Morgan fingerprint density at radius 2 is 1.94 bits per heavy atom. The van der Waals surface area contributed by atoms with Crippen LogP contribution >= 0.6 is 0 Å². The van der Waals surface area contributed by atoms with Crippen molar-refractivity contribution in [2.24, 2.45) is 11.1 Å². The molecule has 1 amide bonds. The van der Waals surface area contributed by atoms with Gasteiger partial charge < -0.3 is 16.0 Å². The molecule has 0 heterocycles. The van der Waals surface area contributed by atoms with Gasteiger partial charge in [0.2, 0.25) is 5.91 Å². The number of hydrogen-bond acceptors (Lipinski definition) is 3. The summed E-state index contributed by atoms with van der Waals surface area (Å²) in [6.45, 7) is 9.29. The molecule has 0 spiro atoms. The summed E-state index contributed by atoms with van der Waals surface area (Å²) >= 11 is 0. The van der Waals surface area contributed by atoms with E-state index < -0.39 is 0 Å². The normalized spacial score (nSPS) is 16.0. The van der Waals surface area contributed by atoms with E-state index >= 15 is 0 Å². The molecule has 0 saturated carbocycles. The van der Waals surface area contributed by atoms with Crippen molar-refractivity contribution in [3.63, 3.8) is 0 Å². The molecule has 0 fully saturated rings. The van der Waals surface area contributed by atoms with Crippen molar-refractivity contribution < 1.29 is 4.79 Å². The van der Waals surface area contributed by atoms with E-state index in [-0.39, 0.29) is 23.4 Å². The van der Waals surface area contributed by atoms with E-state index in [9.17, 15) is 4.79 Å². The van der Waals surface area contributed by atoms with Gasteiger partial charge in [0.15, 0.2) is 0 Å². The molecule has 2 unspecified atom stereocenters. The van der Waals surface area contributed by atoms with Crippen LogP contribution in [0.25, 0.3) is 0 Å². The van der Waals surface area contributed by atoms with Gasteiger partial charge in [-0.1, -0.05) is 20.8 Å². The fourth-order valence-electron chi connectivity index (χ4n) is 2.39. The van der Waals surface area contributed by atoms with E-state index in [2.05, 4.69) is 31.0 Å². The molecule has 16 heavy (non-hydrogen) atoms. The zero-order valence-corrected chi connectivity index (χ0v) is 11.5. The maximum atomic E-state index is 11.2. The molecule has 4 heteroatoms. The smallest absolute Gasteiger partial charge is 0.221 e. The average molecular weight is 229 g/mol. The molecule has 0 rings (SSSR count). The Balaban J connectivity index is 4.41. The second-order valence-electron chi connectivity index (χ2n) is 5.57. The molecule has 96 valence electrons. The SMILES string of the molecule is CNC(=O)CCN(C)C(C(C)N)C(C)(C)C. The minimum Gasteiger partial charge on any atom is -0.359 e. The van der Waals surface area contributed by atoms with E-state index in [1.807, 2.05) is 14.0 Å². The van der Waals surface area contributed by atoms with Gasteiger partial charge >= 0.3 is 0 Å². The highest BCUT2D eigenvalue weighted by molar-refractivity contribution is 5.75. The zero-order chi connectivity index (χ0) is 12.9. The Labute approximate surface area is 99.6 Å². The summed E-state index contributed by atoms with van der Waals surface area (Å²) in [5.41, 5.74) is 6.14. The molecule has 3 N–H and O–H groups in total. The predicted octanol–water partition coefficient (Wildman–Crippen LogP) is 0.816. The maximum Gasteiger partial charge on any atom is 0.221 e. The van der Waals surface area contributed by atoms with E-state index in [4.69, 9.17) is 5.73 Å². The van der Waals surface area contributed by atoms with Gasteiger partial charge in [-0.2, -0.15) is 0 Å². The number of likely N-dealkylation sites (N-methyl/N-ethyl adjacent to an activating group) is 1. The molecule has 0 aromatic carbocycles. The summed E-state index contributed by atoms with van der Waals surface area (Å²) < 4.78 is 0. The monoisotopic (exact) mass is 229 g/mol. The molecule has 0 radical (unpaired) electrons. The number of hydrogen-bond donors (Lipinski definition) is 2. The predicted molar refractivity (Wildman–Crippen MR) is 68.2 cm³/mol. The fraction of sp³-hybridized carbons (Fsp3) is 0.917. The summed E-state index contributed by atoms with van der Waals surface area (Å²) in [5, 5.41) is 2.63. The van der Waals surface area contributed by atoms with Crippen molar-refractivity contribution in [2.75, 3.05) is 20.6 Å². The lowest BCUT2D eigenvalue weighted by molar-refractivity contribution is -0.121. The molecule has 0 bridgehead atoms. The Hall–Kier alpha value is -0.610. The number of carbonyl (C=O) groups excluding carboxylic acids is 1. The van der Waals surface area contributed by atoms with Gasteiger partial charge in [-0.3, -0.25) is 4.79 Å². The van der Waals surface area contributed by atoms with Crippen molar-refractivity contribution in [3.8, 4) is 0 Å². The lowest BCUT2D eigenvalue weighted by Crippen LogP contribution is -2.52. The quantitative estimate of drug-likeness (QED) is 0.733. The minimum absolute atomic E-state index is 0.0733. The van der Waals surface area contributed by atoms with Crippen molar-refractivity contribution in [3.05, 3.63) is 0 Å². The van der Waals surface area contributed by atoms with Crippen LogP contribution in [0, 0.1) is 5.41 Å². The van der Waals surface area contributed by atoms with Crippen LogP contribution in [-0.4, -0.2) is 43.5 Å². The highest BCUT2D eigenvalue weighted by Gasteiger charge is 2.31. The van der Waals surface area contributed by atoms with Crippen LogP contribution in [0.15, 0.2) is 0 Å². The van der Waals surface area contributed by atoms with Gasteiger partial charge in [-0.05, 0) is 19.4 Å². The van der Waals surface area contributed by atoms with Crippen molar-refractivity contribution in [1.82, 2.24) is 10.2 Å². The minimum atomic E-state index is 0.0733. The van der Waals surface area contributed by atoms with Gasteiger partial charge in [0.1, 0.15) is 0 Å². The number of carbonyl (C=O) groups is 1. The number of nitrogens with zero attached hydrogens (tertiary/aromatic N) is 1. The van der Waals surface area contributed by atoms with Crippen LogP contribution in [-0.2, 0) is 4.79 Å². The number of amides is 1. The first kappa shape index (κ1) is 15.4. The van der Waals surface area contributed by atoms with E-state index in [1.165, 1.54) is 0 Å². The standard InChI is InChI=1S/C12H27N3O/c1-9(13)11(12(2,3)4)15(6)8-7-10(16)14-5/h9,11H,7-8,13H2,1-6H3,(H,14,16). The third-order valence-corrected chi connectivity index (χ3v) is 2.83. The average Bonchev–Trinajstić information content (AvgIpc) is 2.11. The van der Waals surface area contributed by atoms with Gasteiger partial charge in [0.05, 0.1) is 0 Å². The molecule has 0 aliphatic heterocycles. The molecule has 0 aromatic rings. The maximum absolute atomic E-state index is 11.2. The van der Waals surface area contributed by atoms with Gasteiger partial charge in [-0.25, -0.2) is 0 Å². The van der Waals surface area contributed by atoms with Crippen LogP contribution in [0.1, 0.15) is 34.1 Å². The van der Waals surface area contributed by atoms with Crippen molar-refractivity contribution in [1.29, 1.82) is 0 Å². The van der Waals surface area contributed by atoms with Crippen LogP contribution in [0.3, 0.4) is 0 Å². The van der Waals surface area contributed by atoms with E-state index in [0.29, 0.717) is 6.42 Å². The van der Waals surface area contributed by atoms with Crippen LogP contribution in [0.5, 0.6) is 0 Å². The molecule has 2 atom stereocenters. The van der Waals surface area contributed by atoms with Gasteiger partial charge in [-0.15, -0.1) is 0 Å². The Kier molecular flexibility index (Phi) is 5.97. The van der Waals surface area contributed by atoms with Crippen LogP contribution < -0.4 is 11.1 Å². The molecule has 0 aliphatic rings. The zero-order valence-electron chi connectivity index (χ0n) is 11.5. The second-order valence-corrected chi connectivity index (χ2v) is 5.57. The Morgan fingerprint density at radius 1 is 1.44 bits per heavy atom. The summed E-state index contributed by atoms with van der Waals surface area (Å²) in [4.78, 5) is 13.4. The first-order valence-corrected chi connectivity index (χ1v) is 5.86. The van der Waals surface area contributed by atoms with Crippen molar-refractivity contribution in [2.45, 2.75) is 46.2 Å². The third-order valence-electron chi connectivity index (χ3n) is 2.83. The summed E-state index contributed by atoms with van der Waals surface area (Å²) in [5.74, 6) is 0.0733. The summed E-state index contributed by atoms with van der Waals surface area (Å²) in [7, 11) is 3.69. The lowest BCUT2D eigenvalue weighted by atomic mass is 9.82. The number of rotatable bonds is 5. The summed E-state index contributed by atoms with van der Waals surface area (Å²) in [6, 6.07) is 0.367. The second kappa shape index (κ2) is 6.21. The number of nitrogens with two attached hydrogens (primary N) is 1. The molecular weight excluding hydrogens is 202 g/mol. The fourth-order valence-corrected chi connectivity index (χ4v) is 2.39. The first-order chi connectivity index (χ1) is 7.20. The van der Waals surface area contributed by atoms with Crippen LogP contribution in [0.4, 0.5) is 0 Å². The molecule has 0 aromatic heterocycles. The summed E-state index contributed by atoms with van der Waals surface area (Å²) in [6.07, 6.45) is 0.520. The Morgan fingerprint density at radius 3 is 2.25 bits per heavy atom. The molecule has 0 aliphatic carbocycles. The topological polar surface area (TPSA) is 58.4 Å². The Bertz CT molecular complexity index is 221. The molecule has 0 saturated heterocycles. The lowest BCUT2D eigenvalue weighted by Gasteiger charge is -2.40. The highest BCUT2D eigenvalue weighted by atomic mass is 16.1. The third kappa shape index (κ3) is 4.94. The molecular formula is C12H27N3O. The van der Waals surface area contributed by atoms with E-state index in [0.717, 1.165) is 6.54 Å². The van der Waals surface area contributed by atoms with Crippen molar-refractivity contribution >= 4 is 5.91 Å². The number of nitrogens with one attached hydrogen (secondary N) is 1. The molecule has 4 nitrogen and oxygen atoms in total. The van der Waals surface area contributed by atoms with E-state index in [1.54, 1.807) is 7.05 Å². The largest absolute Gasteiger partial charge is 0.359 e. The first-order valence-electron chi connectivity index (χ1n) is 5.86. The van der Waals surface area contributed by atoms with Crippen LogP contribution in [0.2, 0.25) is 0 Å². The van der Waals surface area contributed by atoms with Gasteiger partial charge in [0, 0.05) is 32.1 Å².